The Hall–Kier alpha value is -2.63. The molecule has 2 amide bonds. The molecule has 132 valence electrons. The van der Waals surface area contributed by atoms with Crippen LogP contribution in [0.5, 0.6) is 0 Å². The van der Waals surface area contributed by atoms with Gasteiger partial charge in [-0.25, -0.2) is 0 Å². The molecule has 0 saturated carbocycles. The molecule has 1 aliphatic rings. The molecule has 0 bridgehead atoms. The second-order valence-corrected chi connectivity index (χ2v) is 6.33. The molecule has 0 unspecified atom stereocenters. The molecule has 1 aliphatic heterocycles. The second kappa shape index (κ2) is 7.96. The normalized spacial score (nSPS) is 17.1. The van der Waals surface area contributed by atoms with Crippen molar-refractivity contribution in [3.63, 3.8) is 0 Å². The Balaban J connectivity index is 1.55. The number of hydrogen-bond acceptors (Lipinski definition) is 3. The Labute approximate surface area is 148 Å². The summed E-state index contributed by atoms with van der Waals surface area (Å²) in [6, 6.07) is 11.9. The first kappa shape index (κ1) is 17.2. The van der Waals surface area contributed by atoms with Gasteiger partial charge in [0.2, 0.25) is 11.8 Å². The quantitative estimate of drug-likeness (QED) is 0.771. The summed E-state index contributed by atoms with van der Waals surface area (Å²) in [4.78, 5) is 28.3. The first-order valence-corrected chi connectivity index (χ1v) is 8.75. The van der Waals surface area contributed by atoms with Gasteiger partial charge in [-0.1, -0.05) is 30.3 Å². The number of likely N-dealkylation sites (tertiary alicyclic amines) is 1. The zero-order chi connectivity index (χ0) is 17.6. The fourth-order valence-corrected chi connectivity index (χ4v) is 3.25. The molecular weight excluding hydrogens is 316 g/mol. The van der Waals surface area contributed by atoms with E-state index in [1.165, 1.54) is 0 Å². The molecule has 3 rings (SSSR count). The van der Waals surface area contributed by atoms with E-state index in [4.69, 9.17) is 0 Å². The van der Waals surface area contributed by atoms with Gasteiger partial charge in [-0.05, 0) is 18.6 Å². The molecule has 2 aromatic rings. The molecular formula is C19H24N4O2. The van der Waals surface area contributed by atoms with E-state index in [1.54, 1.807) is 16.0 Å². The van der Waals surface area contributed by atoms with Crippen molar-refractivity contribution in [3.8, 4) is 0 Å². The Kier molecular flexibility index (Phi) is 5.48. The van der Waals surface area contributed by atoms with Crippen LogP contribution >= 0.6 is 0 Å². The van der Waals surface area contributed by atoms with E-state index in [2.05, 4.69) is 5.10 Å². The van der Waals surface area contributed by atoms with Crippen molar-refractivity contribution >= 4 is 11.8 Å². The lowest BCUT2D eigenvalue weighted by Crippen LogP contribution is -2.42. The van der Waals surface area contributed by atoms with Gasteiger partial charge in [0.05, 0.1) is 13.1 Å². The van der Waals surface area contributed by atoms with Gasteiger partial charge < -0.3 is 9.80 Å². The van der Waals surface area contributed by atoms with E-state index in [-0.39, 0.29) is 24.3 Å². The van der Waals surface area contributed by atoms with Crippen LogP contribution in [0.25, 0.3) is 0 Å². The molecule has 25 heavy (non-hydrogen) atoms. The number of hydrogen-bond donors (Lipinski definition) is 0. The van der Waals surface area contributed by atoms with Gasteiger partial charge in [-0.2, -0.15) is 5.10 Å². The number of nitrogens with zero attached hydrogens (tertiary/aromatic N) is 4. The van der Waals surface area contributed by atoms with Crippen LogP contribution in [0.1, 0.15) is 24.8 Å². The van der Waals surface area contributed by atoms with Gasteiger partial charge in [0.1, 0.15) is 0 Å². The van der Waals surface area contributed by atoms with E-state index in [9.17, 15) is 9.59 Å². The fourth-order valence-electron chi connectivity index (χ4n) is 3.25. The van der Waals surface area contributed by atoms with Crippen LogP contribution in [-0.4, -0.2) is 57.6 Å². The summed E-state index contributed by atoms with van der Waals surface area (Å²) in [6.07, 6.45) is 4.09. The van der Waals surface area contributed by atoms with Gasteiger partial charge in [-0.3, -0.25) is 14.3 Å². The summed E-state index contributed by atoms with van der Waals surface area (Å²) < 4.78 is 1.81. The van der Waals surface area contributed by atoms with Gasteiger partial charge >= 0.3 is 0 Å². The highest BCUT2D eigenvalue weighted by atomic mass is 16.2. The summed E-state index contributed by atoms with van der Waals surface area (Å²) >= 11 is 0. The van der Waals surface area contributed by atoms with Gasteiger partial charge in [-0.15, -0.1) is 0 Å². The number of rotatable bonds is 7. The highest BCUT2D eigenvalue weighted by molar-refractivity contribution is 5.86. The minimum absolute atomic E-state index is 0.00304. The highest BCUT2D eigenvalue weighted by Crippen LogP contribution is 2.27. The van der Waals surface area contributed by atoms with Crippen LogP contribution in [0.2, 0.25) is 0 Å². The molecule has 1 fully saturated rings. The van der Waals surface area contributed by atoms with Crippen LogP contribution < -0.4 is 0 Å². The van der Waals surface area contributed by atoms with Crippen molar-refractivity contribution in [1.82, 2.24) is 19.6 Å². The Morgan fingerprint density at radius 2 is 2.08 bits per heavy atom. The van der Waals surface area contributed by atoms with Crippen LogP contribution in [0.15, 0.2) is 48.8 Å². The van der Waals surface area contributed by atoms with Crippen molar-refractivity contribution in [2.45, 2.75) is 25.8 Å². The van der Waals surface area contributed by atoms with Crippen molar-refractivity contribution < 1.29 is 9.59 Å². The number of aromatic nitrogens is 2. The minimum atomic E-state index is -0.00304. The van der Waals surface area contributed by atoms with Gasteiger partial charge in [0, 0.05) is 44.4 Å². The average Bonchev–Trinajstić information content (AvgIpc) is 3.27. The molecule has 1 aromatic carbocycles. The molecule has 1 saturated heterocycles. The topological polar surface area (TPSA) is 58.4 Å². The smallest absolute Gasteiger partial charge is 0.242 e. The molecule has 6 heteroatoms. The van der Waals surface area contributed by atoms with Crippen LogP contribution in [0.3, 0.4) is 0 Å². The number of likely N-dealkylation sites (N-methyl/N-ethyl adjacent to an activating group) is 1. The SMILES string of the molecule is CCN(CCn1cccn1)C(=O)CN1C[C@@H](c2ccccc2)CC1=O. The van der Waals surface area contributed by atoms with Crippen LogP contribution in [-0.2, 0) is 16.1 Å². The molecule has 1 aromatic heterocycles. The third-order valence-electron chi connectivity index (χ3n) is 4.70. The Morgan fingerprint density at radius 1 is 1.28 bits per heavy atom. The Morgan fingerprint density at radius 3 is 2.76 bits per heavy atom. The largest absolute Gasteiger partial charge is 0.340 e. The van der Waals surface area contributed by atoms with Crippen molar-refractivity contribution in [2.75, 3.05) is 26.2 Å². The molecule has 0 radical (unpaired) electrons. The lowest BCUT2D eigenvalue weighted by molar-refractivity contribution is -0.138. The van der Waals surface area contributed by atoms with Crippen molar-refractivity contribution in [2.24, 2.45) is 0 Å². The first-order chi connectivity index (χ1) is 12.2. The molecule has 6 nitrogen and oxygen atoms in total. The predicted octanol–water partition coefficient (Wildman–Crippen LogP) is 1.75. The van der Waals surface area contributed by atoms with Crippen molar-refractivity contribution in [3.05, 3.63) is 54.4 Å². The molecule has 0 aliphatic carbocycles. The Bertz CT molecular complexity index is 699. The van der Waals surface area contributed by atoms with E-state index < -0.39 is 0 Å². The summed E-state index contributed by atoms with van der Waals surface area (Å²) in [6.45, 7) is 4.62. The molecule has 0 N–H and O–H groups in total. The number of benzene rings is 1. The summed E-state index contributed by atoms with van der Waals surface area (Å²) in [5, 5.41) is 4.15. The third kappa shape index (κ3) is 4.26. The predicted molar refractivity (Wildman–Crippen MR) is 94.9 cm³/mol. The van der Waals surface area contributed by atoms with Gasteiger partial charge in [0.25, 0.3) is 0 Å². The maximum absolute atomic E-state index is 12.6. The zero-order valence-corrected chi connectivity index (χ0v) is 14.5. The van der Waals surface area contributed by atoms with E-state index in [1.807, 2.05) is 54.2 Å². The fraction of sp³-hybridized carbons (Fsp3) is 0.421. The summed E-state index contributed by atoms with van der Waals surface area (Å²) in [5.41, 5.74) is 1.16. The minimum Gasteiger partial charge on any atom is -0.340 e. The second-order valence-electron chi connectivity index (χ2n) is 6.33. The zero-order valence-electron chi connectivity index (χ0n) is 14.5. The maximum atomic E-state index is 12.6. The van der Waals surface area contributed by atoms with E-state index >= 15 is 0 Å². The van der Waals surface area contributed by atoms with Crippen molar-refractivity contribution in [1.29, 1.82) is 0 Å². The monoisotopic (exact) mass is 340 g/mol. The van der Waals surface area contributed by atoms with Crippen LogP contribution in [0, 0.1) is 0 Å². The standard InChI is InChI=1S/C19H24N4O2/c1-2-21(11-12-23-10-6-9-20-23)19(25)15-22-14-17(13-18(22)24)16-7-4-3-5-8-16/h3-10,17H,2,11-15H2,1H3/t17-/m0/s1. The van der Waals surface area contributed by atoms with Gasteiger partial charge in [0.15, 0.2) is 0 Å². The number of carbonyl (C=O) groups is 2. The summed E-state index contributed by atoms with van der Waals surface area (Å²) in [7, 11) is 0. The maximum Gasteiger partial charge on any atom is 0.242 e. The highest BCUT2D eigenvalue weighted by Gasteiger charge is 2.32. The molecule has 0 spiro atoms. The number of amides is 2. The van der Waals surface area contributed by atoms with Crippen LogP contribution in [0.4, 0.5) is 0 Å². The van der Waals surface area contributed by atoms with E-state index in [0.717, 1.165) is 5.56 Å². The molecule has 2 heterocycles. The lowest BCUT2D eigenvalue weighted by atomic mass is 9.99. The first-order valence-electron chi connectivity index (χ1n) is 8.75. The molecule has 1 atom stereocenters. The van der Waals surface area contributed by atoms with E-state index in [0.29, 0.717) is 32.6 Å². The average molecular weight is 340 g/mol. The number of carbonyl (C=O) groups excluding carboxylic acids is 2. The third-order valence-corrected chi connectivity index (χ3v) is 4.70. The lowest BCUT2D eigenvalue weighted by Gasteiger charge is -2.24. The summed E-state index contributed by atoms with van der Waals surface area (Å²) in [5.74, 6) is 0.239.